The molecule has 0 spiro atoms. The summed E-state index contributed by atoms with van der Waals surface area (Å²) in [5, 5.41) is 8.79. The number of rotatable bonds is 8. The number of benzene rings is 1. The molecular formula is C17H26ClN3O4. The molecule has 1 aromatic rings. The molecule has 0 aliphatic carbocycles. The Bertz CT molecular complexity index is 577. The van der Waals surface area contributed by atoms with Crippen molar-refractivity contribution in [3.63, 3.8) is 0 Å². The predicted octanol–water partition coefficient (Wildman–Crippen LogP) is 0.858. The van der Waals surface area contributed by atoms with Crippen LogP contribution in [0.2, 0.25) is 0 Å². The topological polar surface area (TPSA) is 88.7 Å². The highest BCUT2D eigenvalue weighted by atomic mass is 35.5. The maximum absolute atomic E-state index is 12.0. The maximum atomic E-state index is 12.0. The van der Waals surface area contributed by atoms with Gasteiger partial charge in [-0.15, -0.1) is 12.4 Å². The molecule has 0 bridgehead atoms. The molecule has 1 fully saturated rings. The summed E-state index contributed by atoms with van der Waals surface area (Å²) in [5.74, 6) is 0.968. The molecule has 0 aromatic heterocycles. The van der Waals surface area contributed by atoms with Crippen LogP contribution in [0.15, 0.2) is 18.2 Å². The highest BCUT2D eigenvalue weighted by Gasteiger charge is 2.21. The van der Waals surface area contributed by atoms with Crippen molar-refractivity contribution in [3.05, 3.63) is 23.8 Å². The molecule has 2 rings (SSSR count). The second-order valence-corrected chi connectivity index (χ2v) is 5.63. The Balaban J connectivity index is 0.00000312. The van der Waals surface area contributed by atoms with Crippen molar-refractivity contribution in [1.82, 2.24) is 16.0 Å². The molecule has 1 unspecified atom stereocenters. The molecule has 25 heavy (non-hydrogen) atoms. The van der Waals surface area contributed by atoms with Gasteiger partial charge in [0.2, 0.25) is 5.91 Å². The smallest absolute Gasteiger partial charge is 0.257 e. The van der Waals surface area contributed by atoms with E-state index >= 15 is 0 Å². The molecule has 0 radical (unpaired) electrons. The zero-order valence-corrected chi connectivity index (χ0v) is 15.4. The predicted molar refractivity (Wildman–Crippen MR) is 97.2 cm³/mol. The third kappa shape index (κ3) is 6.43. The summed E-state index contributed by atoms with van der Waals surface area (Å²) in [5.41, 5.74) is 0.913. The molecule has 1 atom stereocenters. The van der Waals surface area contributed by atoms with E-state index in [0.29, 0.717) is 24.6 Å². The lowest BCUT2D eigenvalue weighted by Gasteiger charge is -2.13. The van der Waals surface area contributed by atoms with Crippen LogP contribution in [0.1, 0.15) is 18.9 Å². The van der Waals surface area contributed by atoms with Crippen LogP contribution in [0.5, 0.6) is 11.5 Å². The van der Waals surface area contributed by atoms with E-state index in [1.54, 1.807) is 19.2 Å². The summed E-state index contributed by atoms with van der Waals surface area (Å²) < 4.78 is 10.8. The SMILES string of the molecule is CCNC(=O)COc1ccc(CNC(=O)C2CCNC2)cc1OC.Cl. The van der Waals surface area contributed by atoms with Crippen molar-refractivity contribution in [2.45, 2.75) is 19.9 Å². The van der Waals surface area contributed by atoms with Crippen LogP contribution < -0.4 is 25.4 Å². The summed E-state index contributed by atoms with van der Waals surface area (Å²) in [6.07, 6.45) is 0.877. The Labute approximate surface area is 154 Å². The van der Waals surface area contributed by atoms with Crippen LogP contribution in [0.3, 0.4) is 0 Å². The minimum Gasteiger partial charge on any atom is -0.493 e. The fourth-order valence-electron chi connectivity index (χ4n) is 2.54. The number of halogens is 1. The minimum absolute atomic E-state index is 0. The molecule has 8 heteroatoms. The largest absolute Gasteiger partial charge is 0.493 e. The maximum Gasteiger partial charge on any atom is 0.257 e. The fraction of sp³-hybridized carbons (Fsp3) is 0.529. The molecule has 1 aromatic carbocycles. The number of carbonyl (C=O) groups excluding carboxylic acids is 2. The van der Waals surface area contributed by atoms with E-state index in [-0.39, 0.29) is 36.7 Å². The zero-order chi connectivity index (χ0) is 17.4. The summed E-state index contributed by atoms with van der Waals surface area (Å²) in [4.78, 5) is 23.5. The molecule has 2 amide bonds. The van der Waals surface area contributed by atoms with Gasteiger partial charge in [-0.05, 0) is 37.6 Å². The minimum atomic E-state index is -0.180. The average molecular weight is 372 g/mol. The lowest BCUT2D eigenvalue weighted by Crippen LogP contribution is -2.31. The van der Waals surface area contributed by atoms with Gasteiger partial charge >= 0.3 is 0 Å². The zero-order valence-electron chi connectivity index (χ0n) is 14.6. The van der Waals surface area contributed by atoms with Crippen molar-refractivity contribution in [2.24, 2.45) is 5.92 Å². The Kier molecular flexibility index (Phi) is 9.08. The van der Waals surface area contributed by atoms with Gasteiger partial charge in [0.25, 0.3) is 5.91 Å². The second-order valence-electron chi connectivity index (χ2n) is 5.63. The van der Waals surface area contributed by atoms with Crippen molar-refractivity contribution in [1.29, 1.82) is 0 Å². The number of hydrogen-bond acceptors (Lipinski definition) is 5. The van der Waals surface area contributed by atoms with Crippen molar-refractivity contribution in [3.8, 4) is 11.5 Å². The van der Waals surface area contributed by atoms with Crippen LogP contribution in [0.25, 0.3) is 0 Å². The Hall–Kier alpha value is -1.99. The Morgan fingerprint density at radius 1 is 1.28 bits per heavy atom. The highest BCUT2D eigenvalue weighted by Crippen LogP contribution is 2.28. The van der Waals surface area contributed by atoms with Gasteiger partial charge < -0.3 is 25.4 Å². The molecule has 1 saturated heterocycles. The molecular weight excluding hydrogens is 346 g/mol. The third-order valence-corrected chi connectivity index (χ3v) is 3.86. The van der Waals surface area contributed by atoms with Gasteiger partial charge in [0.15, 0.2) is 18.1 Å². The Morgan fingerprint density at radius 3 is 2.72 bits per heavy atom. The monoisotopic (exact) mass is 371 g/mol. The molecule has 1 aliphatic rings. The van der Waals surface area contributed by atoms with Crippen molar-refractivity contribution < 1.29 is 19.1 Å². The van der Waals surface area contributed by atoms with E-state index in [1.807, 2.05) is 13.0 Å². The van der Waals surface area contributed by atoms with E-state index in [4.69, 9.17) is 9.47 Å². The first-order valence-corrected chi connectivity index (χ1v) is 8.19. The lowest BCUT2D eigenvalue weighted by molar-refractivity contribution is -0.124. The molecule has 1 heterocycles. The van der Waals surface area contributed by atoms with Gasteiger partial charge in [0, 0.05) is 19.6 Å². The van der Waals surface area contributed by atoms with E-state index in [0.717, 1.165) is 25.1 Å². The molecule has 1 aliphatic heterocycles. The first-order chi connectivity index (χ1) is 11.6. The van der Waals surface area contributed by atoms with Gasteiger partial charge in [0.05, 0.1) is 13.0 Å². The summed E-state index contributed by atoms with van der Waals surface area (Å²) in [6, 6.07) is 5.40. The van der Waals surface area contributed by atoms with Crippen LogP contribution in [-0.4, -0.2) is 45.2 Å². The Morgan fingerprint density at radius 2 is 2.08 bits per heavy atom. The van der Waals surface area contributed by atoms with Gasteiger partial charge in [-0.1, -0.05) is 6.07 Å². The van der Waals surface area contributed by atoms with E-state index in [9.17, 15) is 9.59 Å². The number of hydrogen-bond donors (Lipinski definition) is 3. The first-order valence-electron chi connectivity index (χ1n) is 8.19. The molecule has 7 nitrogen and oxygen atoms in total. The van der Waals surface area contributed by atoms with Gasteiger partial charge in [-0.25, -0.2) is 0 Å². The average Bonchev–Trinajstić information content (AvgIpc) is 3.13. The summed E-state index contributed by atoms with van der Waals surface area (Å²) in [7, 11) is 1.54. The van der Waals surface area contributed by atoms with Crippen LogP contribution in [0, 0.1) is 5.92 Å². The third-order valence-electron chi connectivity index (χ3n) is 3.86. The number of ether oxygens (including phenoxy) is 2. The highest BCUT2D eigenvalue weighted by molar-refractivity contribution is 5.85. The number of methoxy groups -OCH3 is 1. The number of carbonyl (C=O) groups is 2. The number of amides is 2. The van der Waals surface area contributed by atoms with Crippen LogP contribution in [0.4, 0.5) is 0 Å². The molecule has 0 saturated carbocycles. The molecule has 140 valence electrons. The van der Waals surface area contributed by atoms with E-state index < -0.39 is 0 Å². The van der Waals surface area contributed by atoms with Gasteiger partial charge in [-0.2, -0.15) is 0 Å². The van der Waals surface area contributed by atoms with Crippen LogP contribution >= 0.6 is 12.4 Å². The first kappa shape index (κ1) is 21.1. The quantitative estimate of drug-likeness (QED) is 0.630. The van der Waals surface area contributed by atoms with E-state index in [2.05, 4.69) is 16.0 Å². The normalized spacial score (nSPS) is 15.8. The summed E-state index contributed by atoms with van der Waals surface area (Å²) in [6.45, 7) is 4.42. The summed E-state index contributed by atoms with van der Waals surface area (Å²) >= 11 is 0. The van der Waals surface area contributed by atoms with Crippen molar-refractivity contribution in [2.75, 3.05) is 33.4 Å². The van der Waals surface area contributed by atoms with Gasteiger partial charge in [-0.3, -0.25) is 9.59 Å². The standard InChI is InChI=1S/C17H25N3O4.ClH/c1-3-19-16(21)11-24-14-5-4-12(8-15(14)23-2)9-20-17(22)13-6-7-18-10-13;/h4-5,8,13,18H,3,6-7,9-11H2,1-2H3,(H,19,21)(H,20,22);1H. The molecule has 3 N–H and O–H groups in total. The van der Waals surface area contributed by atoms with E-state index in [1.165, 1.54) is 0 Å². The lowest BCUT2D eigenvalue weighted by atomic mass is 10.1. The fourth-order valence-corrected chi connectivity index (χ4v) is 2.54. The van der Waals surface area contributed by atoms with Crippen molar-refractivity contribution >= 4 is 24.2 Å². The van der Waals surface area contributed by atoms with Gasteiger partial charge in [0.1, 0.15) is 0 Å². The van der Waals surface area contributed by atoms with Crippen LogP contribution in [-0.2, 0) is 16.1 Å². The number of likely N-dealkylation sites (N-methyl/N-ethyl adjacent to an activating group) is 1. The second kappa shape index (κ2) is 10.8. The number of nitrogens with one attached hydrogen (secondary N) is 3.